The Morgan fingerprint density at radius 3 is 0.985 bits per heavy atom. The molecule has 0 bridgehead atoms. The third-order valence-electron chi connectivity index (χ3n) is 19.8. The molecule has 0 fully saturated rings. The first kappa shape index (κ1) is 128. The van der Waals surface area contributed by atoms with Crippen molar-refractivity contribution in [1.29, 1.82) is 0 Å². The van der Waals surface area contributed by atoms with Gasteiger partial charge in [0.05, 0.1) is 241 Å². The summed E-state index contributed by atoms with van der Waals surface area (Å²) in [5, 5.41) is 124. The number of unbranched alkanes of at least 4 members (excludes halogenated alkanes) is 21. The zero-order valence-electron chi connectivity index (χ0n) is 81.4. The molecule has 0 heterocycles. The van der Waals surface area contributed by atoms with Gasteiger partial charge in [-0.15, -0.1) is 0 Å². The minimum absolute atomic E-state index is 0.0144. The Kier molecular flexibility index (Phi) is 91.6. The van der Waals surface area contributed by atoms with Crippen molar-refractivity contribution < 1.29 is 161 Å². The third-order valence-corrected chi connectivity index (χ3v) is 19.8. The second-order valence-corrected chi connectivity index (χ2v) is 34.2. The first-order valence-electron chi connectivity index (χ1n) is 48.6. The Bertz CT molecular complexity index is 2780. The van der Waals surface area contributed by atoms with Crippen molar-refractivity contribution in [2.45, 2.75) is 326 Å². The summed E-state index contributed by atoms with van der Waals surface area (Å²) in [7, 11) is 0. The molecule has 0 aromatic rings. The fourth-order valence-corrected chi connectivity index (χ4v) is 12.5. The van der Waals surface area contributed by atoms with Gasteiger partial charge in [-0.2, -0.15) is 0 Å². The molecule has 18 unspecified atom stereocenters. The van der Waals surface area contributed by atoms with E-state index in [4.69, 9.17) is 99.5 Å². The summed E-state index contributed by atoms with van der Waals surface area (Å²) in [6.07, 6.45) is 15.4. The Morgan fingerprint density at radius 1 is 0.252 bits per heavy atom. The van der Waals surface area contributed by atoms with E-state index < -0.39 is 129 Å². The van der Waals surface area contributed by atoms with E-state index in [0.717, 1.165) is 70.5 Å². The number of rotatable bonds is 101. The largest absolute Gasteiger partial charge is 0.484 e. The minimum atomic E-state index is -1.22. The zero-order chi connectivity index (χ0) is 96.4. The summed E-state index contributed by atoms with van der Waals surface area (Å²) in [6.45, 7) is 16.7. The van der Waals surface area contributed by atoms with Crippen molar-refractivity contribution in [3.05, 3.63) is 58.7 Å². The maximum absolute atomic E-state index is 11.1. The minimum Gasteiger partial charge on any atom is -0.484 e. The van der Waals surface area contributed by atoms with Gasteiger partial charge in [0.2, 0.25) is 0 Å². The average Bonchev–Trinajstić information content (AvgIpc) is 0.883. The topological polar surface area (TPSA) is 437 Å². The smallest absolute Gasteiger partial charge is 0.145 e. The summed E-state index contributed by atoms with van der Waals surface area (Å²) in [4.78, 5) is 0. The normalized spacial score (nSPS) is 16.1. The van der Waals surface area contributed by atoms with Crippen LogP contribution in [0.1, 0.15) is 222 Å². The number of aliphatic hydroxyl groups is 12. The molecule has 0 aliphatic carbocycles. The van der Waals surface area contributed by atoms with Crippen LogP contribution < -0.4 is 0 Å². The molecule has 770 valence electrons. The van der Waals surface area contributed by atoms with Crippen LogP contribution in [0.2, 0.25) is 0 Å². The van der Waals surface area contributed by atoms with Crippen LogP contribution in [0.15, 0.2) is 58.7 Å². The van der Waals surface area contributed by atoms with E-state index in [1.807, 2.05) is 6.92 Å². The second-order valence-electron chi connectivity index (χ2n) is 34.2. The molecule has 0 rings (SSSR count). The molecule has 18 atom stereocenters. The highest BCUT2D eigenvalue weighted by Crippen LogP contribution is 2.22. The van der Waals surface area contributed by atoms with E-state index in [0.29, 0.717) is 45.9 Å². The van der Waals surface area contributed by atoms with Gasteiger partial charge in [-0.1, -0.05) is 168 Å². The highest BCUT2D eigenvalue weighted by Gasteiger charge is 2.31. The molecule has 0 aromatic carbocycles. The van der Waals surface area contributed by atoms with Gasteiger partial charge in [0, 0.05) is 38.4 Å². The van der Waals surface area contributed by atoms with Crippen molar-refractivity contribution in [2.24, 2.45) is 5.41 Å². The SMILES string of the molecule is C=C=C=C=C=C=C=C=C=COC(CO)COCC(COC(COCC(O)CO)COCC(C)(COCC(CO)OCC(COCC(COCC(O)COCC(C)O)OCC(CO)OCCCCCCCCCC)OCC(CCOCC(C)O)OCCCCCCCCCC)COCC(CCOCCCCCCCCCC)OCC(C)O)OCC(O)COCC(O)COCC(C)O. The molecule has 131 heavy (non-hydrogen) atoms. The zero-order valence-corrected chi connectivity index (χ0v) is 81.4. The van der Waals surface area contributed by atoms with E-state index in [1.165, 1.54) is 89.9 Å². The summed E-state index contributed by atoms with van der Waals surface area (Å²) >= 11 is 0. The molecule has 0 amide bonds. The van der Waals surface area contributed by atoms with Crippen molar-refractivity contribution >= 4 is 0 Å². The molecule has 12 N–H and O–H groups in total. The van der Waals surface area contributed by atoms with Crippen molar-refractivity contribution in [3.8, 4) is 0 Å². The lowest BCUT2D eigenvalue weighted by atomic mass is 9.94. The Balaban J connectivity index is 7.52. The standard InChI is InChI=1S/C98H180O33/c1-10-14-18-22-26-30-34-38-44-111-48-42-89(126-57-84(8)106)65-120-78-98(9,80-122-73-95(69-116-58-85(107)50-99)131-77-96(127-64-88(110)63-115-61-86(108)59-113-55-82(6)104)71-118-66-91(51-100)124-46-40-36-32-28-24-20-16-12-3)79-121-67-92(52-101)128-76-97(129-74-90(43-49-112-54-81(5)103)123-45-39-35-31-27-23-19-15-11-2)72-119-70-94(68-117-62-87(109)60-114-56-83(7)105)130-75-93(53-102)125-47-41-37-33-29-25-21-17-13-4/h46,81-97,99-110H,3,10-11,13-15,17-19,21-23,25-27,29-31,33-35,37-39,41-45,47-80H2,1-2,4-9H3. The monoisotopic (exact) mass is 1890 g/mol. The van der Waals surface area contributed by atoms with Gasteiger partial charge in [-0.3, -0.25) is 0 Å². The molecule has 33 nitrogen and oxygen atoms in total. The first-order chi connectivity index (χ1) is 63.6. The molecule has 0 radical (unpaired) electrons. The summed E-state index contributed by atoms with van der Waals surface area (Å²) in [5.74, 6) is 0. The molecule has 0 saturated carbocycles. The Labute approximate surface area is 785 Å². The molecule has 33 heteroatoms. The lowest BCUT2D eigenvalue weighted by Gasteiger charge is -2.32. The van der Waals surface area contributed by atoms with E-state index in [-0.39, 0.29) is 185 Å². The molecule has 0 aromatic heterocycles. The van der Waals surface area contributed by atoms with Gasteiger partial charge in [0.15, 0.2) is 0 Å². The summed E-state index contributed by atoms with van der Waals surface area (Å²) in [5.41, 5.74) is 19.1. The second kappa shape index (κ2) is 94.1. The highest BCUT2D eigenvalue weighted by atomic mass is 16.6. The molecular weight excluding hydrogens is 1710 g/mol. The van der Waals surface area contributed by atoms with Crippen LogP contribution in [0.25, 0.3) is 0 Å². The van der Waals surface area contributed by atoms with Crippen LogP contribution in [0.5, 0.6) is 0 Å². The summed E-state index contributed by atoms with van der Waals surface area (Å²) < 4.78 is 129. The lowest BCUT2D eigenvalue weighted by Crippen LogP contribution is -2.40. The average molecular weight is 1890 g/mol. The van der Waals surface area contributed by atoms with Gasteiger partial charge < -0.3 is 161 Å². The van der Waals surface area contributed by atoms with E-state index >= 15 is 0 Å². The Hall–Kier alpha value is -3.50. The van der Waals surface area contributed by atoms with Crippen molar-refractivity contribution in [1.82, 2.24) is 0 Å². The van der Waals surface area contributed by atoms with Crippen LogP contribution in [-0.2, 0) is 99.5 Å². The number of hydrogen-bond donors (Lipinski definition) is 12. The number of ether oxygens (including phenoxy) is 21. The van der Waals surface area contributed by atoms with Gasteiger partial charge in [-0.05, 0) is 106 Å². The maximum atomic E-state index is 11.1. The van der Waals surface area contributed by atoms with Crippen LogP contribution >= 0.6 is 0 Å². The van der Waals surface area contributed by atoms with E-state index in [1.54, 1.807) is 27.7 Å². The molecule has 0 aliphatic rings. The predicted octanol–water partition coefficient (Wildman–Crippen LogP) is 8.18. The quantitative estimate of drug-likeness (QED) is 0.0155. The fourth-order valence-electron chi connectivity index (χ4n) is 12.5. The van der Waals surface area contributed by atoms with Crippen molar-refractivity contribution in [3.63, 3.8) is 0 Å². The predicted molar refractivity (Wildman–Crippen MR) is 495 cm³/mol. The molecular formula is C98H180O33. The third kappa shape index (κ3) is 86.6. The highest BCUT2D eigenvalue weighted by molar-refractivity contribution is 4.89. The molecule has 0 spiro atoms. The van der Waals surface area contributed by atoms with Crippen LogP contribution in [0.4, 0.5) is 0 Å². The first-order valence-corrected chi connectivity index (χ1v) is 48.6. The molecule has 0 aliphatic heterocycles. The Morgan fingerprint density at radius 2 is 0.542 bits per heavy atom. The van der Waals surface area contributed by atoms with Crippen LogP contribution in [-0.4, -0.2) is 403 Å². The number of hydrogen-bond acceptors (Lipinski definition) is 33. The van der Waals surface area contributed by atoms with E-state index in [9.17, 15) is 61.3 Å². The van der Waals surface area contributed by atoms with Crippen LogP contribution in [0, 0.1) is 5.41 Å². The fraction of sp³-hybridized carbons (Fsp3) is 0.898. The van der Waals surface area contributed by atoms with Gasteiger partial charge in [-0.25, -0.2) is 0 Å². The summed E-state index contributed by atoms with van der Waals surface area (Å²) in [6, 6.07) is 0. The van der Waals surface area contributed by atoms with Gasteiger partial charge in [0.25, 0.3) is 0 Å². The lowest BCUT2D eigenvalue weighted by molar-refractivity contribution is -0.147. The van der Waals surface area contributed by atoms with Gasteiger partial charge >= 0.3 is 0 Å². The number of aliphatic hydroxyl groups excluding tert-OH is 12. The van der Waals surface area contributed by atoms with E-state index in [2.05, 4.69) is 73.2 Å². The van der Waals surface area contributed by atoms with Gasteiger partial charge in [0.1, 0.15) is 73.4 Å². The van der Waals surface area contributed by atoms with Crippen molar-refractivity contribution in [2.75, 3.05) is 238 Å². The van der Waals surface area contributed by atoms with Crippen LogP contribution in [0.3, 0.4) is 0 Å². The molecule has 0 saturated heterocycles. The maximum Gasteiger partial charge on any atom is 0.145 e.